The molecule has 3 aromatic rings. The molecule has 0 unspecified atom stereocenters. The fraction of sp³-hybridized carbons (Fsp3) is 0.136. The lowest BCUT2D eigenvalue weighted by molar-refractivity contribution is 0.251. The zero-order chi connectivity index (χ0) is 18.2. The van der Waals surface area contributed by atoms with E-state index < -0.39 is 0 Å². The van der Waals surface area contributed by atoms with E-state index in [2.05, 4.69) is 34.7 Å². The highest BCUT2D eigenvalue weighted by atomic mass is 16.2. The molecule has 0 fully saturated rings. The van der Waals surface area contributed by atoms with Crippen molar-refractivity contribution in [3.05, 3.63) is 96.1 Å². The van der Waals surface area contributed by atoms with E-state index in [1.54, 1.807) is 0 Å². The fourth-order valence-corrected chi connectivity index (χ4v) is 2.70. The number of hydrogen-bond donors (Lipinski definition) is 2. The topological polar surface area (TPSA) is 44.4 Å². The summed E-state index contributed by atoms with van der Waals surface area (Å²) in [5.74, 6) is 0. The average Bonchev–Trinajstić information content (AvgIpc) is 2.68. The van der Waals surface area contributed by atoms with Crippen LogP contribution >= 0.6 is 0 Å². The predicted octanol–water partition coefficient (Wildman–Crippen LogP) is 4.64. The largest absolute Gasteiger partial charge is 0.370 e. The first-order chi connectivity index (χ1) is 12.7. The van der Waals surface area contributed by atoms with Crippen LogP contribution in [-0.2, 0) is 13.1 Å². The first-order valence-electron chi connectivity index (χ1n) is 8.64. The molecule has 4 heteroatoms. The van der Waals surface area contributed by atoms with Gasteiger partial charge in [-0.2, -0.15) is 0 Å². The maximum absolute atomic E-state index is 12.0. The van der Waals surface area contributed by atoms with Crippen LogP contribution in [0, 0.1) is 0 Å². The number of anilines is 2. The van der Waals surface area contributed by atoms with E-state index in [9.17, 15) is 4.79 Å². The van der Waals surface area contributed by atoms with Gasteiger partial charge in [-0.3, -0.25) is 0 Å². The number of amides is 2. The summed E-state index contributed by atoms with van der Waals surface area (Å²) < 4.78 is 0. The minimum atomic E-state index is -0.209. The molecule has 0 aliphatic rings. The Hall–Kier alpha value is -3.27. The smallest absolute Gasteiger partial charge is 0.319 e. The van der Waals surface area contributed by atoms with E-state index in [-0.39, 0.29) is 6.03 Å². The minimum absolute atomic E-state index is 0.209. The third kappa shape index (κ3) is 5.11. The van der Waals surface area contributed by atoms with Gasteiger partial charge in [0.1, 0.15) is 0 Å². The summed E-state index contributed by atoms with van der Waals surface area (Å²) in [6, 6.07) is 27.8. The zero-order valence-corrected chi connectivity index (χ0v) is 14.9. The van der Waals surface area contributed by atoms with Crippen molar-refractivity contribution < 1.29 is 4.79 Å². The van der Waals surface area contributed by atoms with Crippen molar-refractivity contribution in [2.24, 2.45) is 0 Å². The summed E-state index contributed by atoms with van der Waals surface area (Å²) in [5.41, 5.74) is 4.20. The maximum Gasteiger partial charge on any atom is 0.319 e. The van der Waals surface area contributed by atoms with Crippen LogP contribution in [0.1, 0.15) is 11.1 Å². The van der Waals surface area contributed by atoms with Crippen LogP contribution in [0.3, 0.4) is 0 Å². The van der Waals surface area contributed by atoms with Gasteiger partial charge >= 0.3 is 6.03 Å². The highest BCUT2D eigenvalue weighted by molar-refractivity contribution is 5.89. The summed E-state index contributed by atoms with van der Waals surface area (Å²) in [5, 5.41) is 5.72. The van der Waals surface area contributed by atoms with Crippen molar-refractivity contribution in [3.63, 3.8) is 0 Å². The third-order valence-electron chi connectivity index (χ3n) is 4.12. The second kappa shape index (κ2) is 8.72. The van der Waals surface area contributed by atoms with Crippen molar-refractivity contribution in [1.82, 2.24) is 5.32 Å². The second-order valence-electron chi connectivity index (χ2n) is 6.18. The van der Waals surface area contributed by atoms with E-state index in [0.29, 0.717) is 6.54 Å². The van der Waals surface area contributed by atoms with Gasteiger partial charge in [0.2, 0.25) is 0 Å². The Morgan fingerprint density at radius 2 is 1.38 bits per heavy atom. The van der Waals surface area contributed by atoms with Gasteiger partial charge < -0.3 is 15.5 Å². The van der Waals surface area contributed by atoms with E-state index in [4.69, 9.17) is 0 Å². The normalized spacial score (nSPS) is 10.2. The first-order valence-corrected chi connectivity index (χ1v) is 8.64. The van der Waals surface area contributed by atoms with Crippen LogP contribution < -0.4 is 15.5 Å². The molecule has 3 rings (SSSR count). The lowest BCUT2D eigenvalue weighted by atomic mass is 10.2. The third-order valence-corrected chi connectivity index (χ3v) is 4.12. The summed E-state index contributed by atoms with van der Waals surface area (Å²) >= 11 is 0. The van der Waals surface area contributed by atoms with Crippen LogP contribution in [-0.4, -0.2) is 13.1 Å². The van der Waals surface area contributed by atoms with Crippen molar-refractivity contribution in [2.75, 3.05) is 17.3 Å². The Morgan fingerprint density at radius 3 is 2.00 bits per heavy atom. The standard InChI is InChI=1S/C22H23N3O/c1-25(17-19-10-6-3-7-11-19)21-14-12-20(13-15-21)24-22(26)23-16-18-8-4-2-5-9-18/h2-15H,16-17H2,1H3,(H2,23,24,26). The van der Waals surface area contributed by atoms with Crippen LogP contribution in [0.5, 0.6) is 0 Å². The van der Waals surface area contributed by atoms with Crippen molar-refractivity contribution in [1.29, 1.82) is 0 Å². The Morgan fingerprint density at radius 1 is 0.808 bits per heavy atom. The monoisotopic (exact) mass is 345 g/mol. The number of nitrogens with zero attached hydrogens (tertiary/aromatic N) is 1. The highest BCUT2D eigenvalue weighted by Crippen LogP contribution is 2.18. The molecule has 0 aromatic heterocycles. The molecule has 26 heavy (non-hydrogen) atoms. The summed E-state index contributed by atoms with van der Waals surface area (Å²) in [7, 11) is 2.06. The molecule has 2 amide bonds. The SMILES string of the molecule is CN(Cc1ccccc1)c1ccc(NC(=O)NCc2ccccc2)cc1. The molecular formula is C22H23N3O. The number of urea groups is 1. The van der Waals surface area contributed by atoms with E-state index in [1.165, 1.54) is 5.56 Å². The zero-order valence-electron chi connectivity index (χ0n) is 14.9. The quantitative estimate of drug-likeness (QED) is 0.683. The van der Waals surface area contributed by atoms with Gasteiger partial charge in [0.25, 0.3) is 0 Å². The molecular weight excluding hydrogens is 322 g/mol. The van der Waals surface area contributed by atoms with Gasteiger partial charge in [-0.1, -0.05) is 60.7 Å². The Labute approximate surface area is 154 Å². The van der Waals surface area contributed by atoms with Gasteiger partial charge in [-0.25, -0.2) is 4.79 Å². The molecule has 2 N–H and O–H groups in total. The van der Waals surface area contributed by atoms with Gasteiger partial charge in [0, 0.05) is 31.5 Å². The number of benzene rings is 3. The molecule has 0 saturated carbocycles. The van der Waals surface area contributed by atoms with E-state index >= 15 is 0 Å². The lowest BCUT2D eigenvalue weighted by Crippen LogP contribution is -2.28. The van der Waals surface area contributed by atoms with Crippen LogP contribution in [0.4, 0.5) is 16.2 Å². The number of rotatable bonds is 6. The molecule has 0 radical (unpaired) electrons. The maximum atomic E-state index is 12.0. The Kier molecular flexibility index (Phi) is 5.88. The van der Waals surface area contributed by atoms with E-state index in [0.717, 1.165) is 23.5 Å². The fourth-order valence-electron chi connectivity index (χ4n) is 2.70. The molecule has 0 aliphatic carbocycles. The van der Waals surface area contributed by atoms with Crippen molar-refractivity contribution in [3.8, 4) is 0 Å². The highest BCUT2D eigenvalue weighted by Gasteiger charge is 2.04. The summed E-state index contributed by atoms with van der Waals surface area (Å²) in [4.78, 5) is 14.2. The van der Waals surface area contributed by atoms with Crippen molar-refractivity contribution >= 4 is 17.4 Å². The molecule has 0 bridgehead atoms. The molecule has 0 heterocycles. The molecule has 0 spiro atoms. The molecule has 0 atom stereocenters. The lowest BCUT2D eigenvalue weighted by Gasteiger charge is -2.20. The van der Waals surface area contributed by atoms with Crippen LogP contribution in [0.15, 0.2) is 84.9 Å². The molecule has 132 valence electrons. The van der Waals surface area contributed by atoms with Gasteiger partial charge in [-0.05, 0) is 35.4 Å². The van der Waals surface area contributed by atoms with Gasteiger partial charge in [0.05, 0.1) is 0 Å². The minimum Gasteiger partial charge on any atom is -0.370 e. The number of carbonyl (C=O) groups is 1. The van der Waals surface area contributed by atoms with Crippen LogP contribution in [0.2, 0.25) is 0 Å². The molecule has 0 aliphatic heterocycles. The molecule has 3 aromatic carbocycles. The Balaban J connectivity index is 1.51. The summed E-state index contributed by atoms with van der Waals surface area (Å²) in [6.07, 6.45) is 0. The van der Waals surface area contributed by atoms with Gasteiger partial charge in [0.15, 0.2) is 0 Å². The number of hydrogen-bond acceptors (Lipinski definition) is 2. The second-order valence-corrected chi connectivity index (χ2v) is 6.18. The number of nitrogens with one attached hydrogen (secondary N) is 2. The predicted molar refractivity (Wildman–Crippen MR) is 107 cm³/mol. The van der Waals surface area contributed by atoms with Crippen molar-refractivity contribution in [2.45, 2.75) is 13.1 Å². The summed E-state index contributed by atoms with van der Waals surface area (Å²) in [6.45, 7) is 1.34. The van der Waals surface area contributed by atoms with E-state index in [1.807, 2.05) is 72.8 Å². The molecule has 4 nitrogen and oxygen atoms in total. The van der Waals surface area contributed by atoms with Crippen LogP contribution in [0.25, 0.3) is 0 Å². The average molecular weight is 345 g/mol. The Bertz CT molecular complexity index is 817. The molecule has 0 saturated heterocycles. The van der Waals surface area contributed by atoms with Gasteiger partial charge in [-0.15, -0.1) is 0 Å². The number of carbonyl (C=O) groups excluding carboxylic acids is 1. The first kappa shape index (κ1) is 17.5.